The molecule has 0 aliphatic carbocycles. The highest BCUT2D eigenvalue weighted by Gasteiger charge is 2.29. The molecule has 5 heteroatoms. The third kappa shape index (κ3) is 1.63. The highest BCUT2D eigenvalue weighted by Crippen LogP contribution is 2.18. The predicted molar refractivity (Wildman–Crippen MR) is 47.4 cm³/mol. The summed E-state index contributed by atoms with van der Waals surface area (Å²) in [7, 11) is 0. The summed E-state index contributed by atoms with van der Waals surface area (Å²) >= 11 is 0. The summed E-state index contributed by atoms with van der Waals surface area (Å²) in [6.07, 6.45) is 0. The Morgan fingerprint density at radius 3 is 2.77 bits per heavy atom. The summed E-state index contributed by atoms with van der Waals surface area (Å²) in [6, 6.07) is -0.445. The van der Waals surface area contributed by atoms with Crippen LogP contribution in [0, 0.1) is 0 Å². The molecule has 0 saturated heterocycles. The van der Waals surface area contributed by atoms with Gasteiger partial charge in [0.05, 0.1) is 6.61 Å². The fraction of sp³-hybridized carbons (Fsp3) is 0.500. The van der Waals surface area contributed by atoms with E-state index in [2.05, 4.69) is 4.99 Å². The van der Waals surface area contributed by atoms with Gasteiger partial charge in [-0.3, -0.25) is 4.99 Å². The van der Waals surface area contributed by atoms with E-state index in [1.807, 2.05) is 0 Å². The van der Waals surface area contributed by atoms with Crippen LogP contribution in [-0.2, 0) is 9.53 Å². The summed E-state index contributed by atoms with van der Waals surface area (Å²) in [5.41, 5.74) is 5.42. The van der Waals surface area contributed by atoms with Gasteiger partial charge in [-0.1, -0.05) is 0 Å². The smallest absolute Gasteiger partial charge is 0.345 e. The molecule has 1 aliphatic heterocycles. The number of hydrogen-bond acceptors (Lipinski definition) is 5. The van der Waals surface area contributed by atoms with Gasteiger partial charge in [0.15, 0.2) is 0 Å². The summed E-state index contributed by atoms with van der Waals surface area (Å²) in [6.45, 7) is 3.58. The molecular weight excluding hydrogens is 172 g/mol. The molecule has 1 unspecified atom stereocenters. The van der Waals surface area contributed by atoms with Crippen molar-refractivity contribution >= 4 is 11.8 Å². The third-order valence-corrected chi connectivity index (χ3v) is 1.72. The van der Waals surface area contributed by atoms with Gasteiger partial charge in [0.1, 0.15) is 23.2 Å². The summed E-state index contributed by atoms with van der Waals surface area (Å²) in [5, 5.41) is 9.41. The van der Waals surface area contributed by atoms with Gasteiger partial charge in [0, 0.05) is 0 Å². The van der Waals surface area contributed by atoms with E-state index in [1.165, 1.54) is 0 Å². The lowest BCUT2D eigenvalue weighted by Gasteiger charge is -2.03. The van der Waals surface area contributed by atoms with Gasteiger partial charge < -0.3 is 15.6 Å². The molecule has 0 fully saturated rings. The van der Waals surface area contributed by atoms with Crippen LogP contribution in [0.25, 0.3) is 0 Å². The second-order valence-electron chi connectivity index (χ2n) is 2.67. The van der Waals surface area contributed by atoms with Crippen molar-refractivity contribution in [3.05, 3.63) is 11.3 Å². The number of carbonyl (C=O) groups excluding carboxylic acids is 1. The second kappa shape index (κ2) is 3.47. The number of esters is 1. The standard InChI is InChI=1S/C8H12N2O3/c1-3-13-8(12)5-6(11)4(2)10-7(5)9/h4,11H,3H2,1-2H3,(H2,9,10). The van der Waals surface area contributed by atoms with Gasteiger partial charge in [0.2, 0.25) is 0 Å². The highest BCUT2D eigenvalue weighted by atomic mass is 16.5. The van der Waals surface area contributed by atoms with Crippen LogP contribution in [0.15, 0.2) is 16.3 Å². The minimum atomic E-state index is -0.620. The van der Waals surface area contributed by atoms with Gasteiger partial charge in [-0.25, -0.2) is 4.79 Å². The van der Waals surface area contributed by atoms with E-state index in [0.717, 1.165) is 0 Å². The number of aliphatic imine (C=N–C) groups is 1. The summed E-state index contributed by atoms with van der Waals surface area (Å²) in [4.78, 5) is 15.0. The molecule has 5 nitrogen and oxygen atoms in total. The fourth-order valence-electron chi connectivity index (χ4n) is 1.09. The van der Waals surface area contributed by atoms with Crippen LogP contribution in [-0.4, -0.2) is 29.6 Å². The number of amidine groups is 1. The third-order valence-electron chi connectivity index (χ3n) is 1.72. The molecule has 1 aliphatic rings. The van der Waals surface area contributed by atoms with Crippen molar-refractivity contribution in [2.24, 2.45) is 10.7 Å². The fourth-order valence-corrected chi connectivity index (χ4v) is 1.09. The Hall–Kier alpha value is -1.52. The van der Waals surface area contributed by atoms with Gasteiger partial charge in [0.25, 0.3) is 0 Å². The molecule has 0 aromatic carbocycles. The number of rotatable bonds is 2. The van der Waals surface area contributed by atoms with Gasteiger partial charge in [-0.2, -0.15) is 0 Å². The van der Waals surface area contributed by atoms with Gasteiger partial charge >= 0.3 is 5.97 Å². The Balaban J connectivity index is 2.91. The summed E-state index contributed by atoms with van der Waals surface area (Å²) < 4.78 is 4.70. The normalized spacial score (nSPS) is 21.7. The van der Waals surface area contributed by atoms with Crippen molar-refractivity contribution in [2.75, 3.05) is 6.61 Å². The lowest BCUT2D eigenvalue weighted by molar-refractivity contribution is -0.138. The molecule has 72 valence electrons. The monoisotopic (exact) mass is 184 g/mol. The Bertz CT molecular complexity index is 294. The average Bonchev–Trinajstić information content (AvgIpc) is 2.27. The lowest BCUT2D eigenvalue weighted by atomic mass is 10.2. The van der Waals surface area contributed by atoms with E-state index in [1.54, 1.807) is 13.8 Å². The number of carbonyl (C=O) groups is 1. The molecule has 0 bridgehead atoms. The van der Waals surface area contributed by atoms with Crippen LogP contribution < -0.4 is 5.73 Å². The van der Waals surface area contributed by atoms with Crippen molar-refractivity contribution in [2.45, 2.75) is 19.9 Å². The van der Waals surface area contributed by atoms with E-state index < -0.39 is 12.0 Å². The van der Waals surface area contributed by atoms with E-state index in [-0.39, 0.29) is 23.8 Å². The van der Waals surface area contributed by atoms with Crippen molar-refractivity contribution < 1.29 is 14.6 Å². The van der Waals surface area contributed by atoms with Crippen molar-refractivity contribution in [1.29, 1.82) is 0 Å². The molecule has 0 aromatic rings. The molecule has 0 amide bonds. The Morgan fingerprint density at radius 2 is 2.38 bits per heavy atom. The zero-order chi connectivity index (χ0) is 10.0. The first kappa shape index (κ1) is 9.57. The molecule has 0 aromatic heterocycles. The predicted octanol–water partition coefficient (Wildman–Crippen LogP) is 0.121. The van der Waals surface area contributed by atoms with Crippen LogP contribution in [0.4, 0.5) is 0 Å². The first-order valence-electron chi connectivity index (χ1n) is 4.01. The minimum Gasteiger partial charge on any atom is -0.509 e. The number of aliphatic hydroxyl groups excluding tert-OH is 1. The molecule has 1 heterocycles. The number of hydrogen-bond donors (Lipinski definition) is 2. The molecule has 0 spiro atoms. The average molecular weight is 184 g/mol. The van der Waals surface area contributed by atoms with E-state index in [9.17, 15) is 9.90 Å². The van der Waals surface area contributed by atoms with Gasteiger partial charge in [-0.15, -0.1) is 0 Å². The van der Waals surface area contributed by atoms with E-state index in [0.29, 0.717) is 0 Å². The topological polar surface area (TPSA) is 84.9 Å². The molecule has 0 radical (unpaired) electrons. The van der Waals surface area contributed by atoms with Crippen molar-refractivity contribution in [3.63, 3.8) is 0 Å². The number of aliphatic hydroxyl groups is 1. The molecule has 1 atom stereocenters. The SMILES string of the molecule is CCOC(=O)C1=C(O)C(C)N=C1N. The second-order valence-corrected chi connectivity index (χ2v) is 2.67. The van der Waals surface area contributed by atoms with E-state index in [4.69, 9.17) is 10.5 Å². The van der Waals surface area contributed by atoms with Gasteiger partial charge in [-0.05, 0) is 13.8 Å². The molecule has 3 N–H and O–H groups in total. The largest absolute Gasteiger partial charge is 0.509 e. The zero-order valence-electron chi connectivity index (χ0n) is 7.57. The lowest BCUT2D eigenvalue weighted by Crippen LogP contribution is -2.21. The number of ether oxygens (including phenoxy) is 1. The van der Waals surface area contributed by atoms with E-state index >= 15 is 0 Å². The number of nitrogens with zero attached hydrogens (tertiary/aromatic N) is 1. The Labute approximate surface area is 75.9 Å². The molecule has 1 rings (SSSR count). The van der Waals surface area contributed by atoms with Crippen molar-refractivity contribution in [1.82, 2.24) is 0 Å². The first-order chi connectivity index (χ1) is 6.07. The quantitative estimate of drug-likeness (QED) is 0.597. The molecular formula is C8H12N2O3. The maximum Gasteiger partial charge on any atom is 0.345 e. The Morgan fingerprint density at radius 1 is 1.77 bits per heavy atom. The van der Waals surface area contributed by atoms with Crippen LogP contribution in [0.1, 0.15) is 13.8 Å². The van der Waals surface area contributed by atoms with Crippen LogP contribution in [0.2, 0.25) is 0 Å². The molecule has 0 saturated carbocycles. The van der Waals surface area contributed by atoms with Crippen LogP contribution in [0.3, 0.4) is 0 Å². The molecule has 13 heavy (non-hydrogen) atoms. The zero-order valence-corrected chi connectivity index (χ0v) is 7.57. The van der Waals surface area contributed by atoms with Crippen molar-refractivity contribution in [3.8, 4) is 0 Å². The highest BCUT2D eigenvalue weighted by molar-refractivity contribution is 6.20. The van der Waals surface area contributed by atoms with Crippen LogP contribution in [0.5, 0.6) is 0 Å². The van der Waals surface area contributed by atoms with Crippen LogP contribution >= 0.6 is 0 Å². The Kier molecular flexibility index (Phi) is 2.55. The maximum atomic E-state index is 11.2. The summed E-state index contributed by atoms with van der Waals surface area (Å²) in [5.74, 6) is -0.690. The first-order valence-corrected chi connectivity index (χ1v) is 4.01. The number of nitrogens with two attached hydrogens (primary N) is 1. The minimum absolute atomic E-state index is 0.00523. The maximum absolute atomic E-state index is 11.2.